The molecular formula is C11H20N2. The molecule has 0 atom stereocenters. The van der Waals surface area contributed by atoms with E-state index in [1.54, 1.807) is 0 Å². The van der Waals surface area contributed by atoms with Gasteiger partial charge in [0.25, 0.3) is 0 Å². The molecule has 0 saturated heterocycles. The molecule has 0 bridgehead atoms. The fourth-order valence-electron chi connectivity index (χ4n) is 1.61. The van der Waals surface area contributed by atoms with Gasteiger partial charge in [-0.2, -0.15) is 5.10 Å². The van der Waals surface area contributed by atoms with E-state index in [0.29, 0.717) is 0 Å². The molecule has 0 unspecified atom stereocenters. The molecule has 1 rings (SSSR count). The van der Waals surface area contributed by atoms with Crippen LogP contribution in [0.5, 0.6) is 0 Å². The minimum Gasteiger partial charge on any atom is -0.272 e. The summed E-state index contributed by atoms with van der Waals surface area (Å²) in [4.78, 5) is 0. The molecule has 0 N–H and O–H groups in total. The quantitative estimate of drug-likeness (QED) is 0.699. The van der Waals surface area contributed by atoms with Gasteiger partial charge >= 0.3 is 0 Å². The summed E-state index contributed by atoms with van der Waals surface area (Å²) in [5.74, 6) is 0.777. The van der Waals surface area contributed by atoms with Crippen LogP contribution in [0.1, 0.15) is 37.2 Å². The monoisotopic (exact) mass is 180 g/mol. The third kappa shape index (κ3) is 2.33. The molecule has 1 aromatic heterocycles. The highest BCUT2D eigenvalue weighted by atomic mass is 15.3. The van der Waals surface area contributed by atoms with Crippen molar-refractivity contribution in [2.24, 2.45) is 13.0 Å². The van der Waals surface area contributed by atoms with Gasteiger partial charge in [-0.25, -0.2) is 0 Å². The summed E-state index contributed by atoms with van der Waals surface area (Å²) in [6, 6.07) is 0. The molecule has 2 heteroatoms. The predicted molar refractivity (Wildman–Crippen MR) is 55.8 cm³/mol. The first-order valence-electron chi connectivity index (χ1n) is 5.01. The highest BCUT2D eigenvalue weighted by Crippen LogP contribution is 2.16. The van der Waals surface area contributed by atoms with Crippen LogP contribution in [0.25, 0.3) is 0 Å². The standard InChI is InChI=1S/C11H20N2/c1-8(2)6-7-11-9(3)12-13(5)10(11)4/h8H,6-7H2,1-5H3. The maximum absolute atomic E-state index is 4.41. The van der Waals surface area contributed by atoms with Crippen LogP contribution in [-0.2, 0) is 13.5 Å². The lowest BCUT2D eigenvalue weighted by molar-refractivity contribution is 0.584. The van der Waals surface area contributed by atoms with Crippen LogP contribution in [-0.4, -0.2) is 9.78 Å². The average Bonchev–Trinajstić information content (AvgIpc) is 2.24. The first kappa shape index (κ1) is 10.3. The lowest BCUT2D eigenvalue weighted by Crippen LogP contribution is -1.96. The largest absolute Gasteiger partial charge is 0.272 e. The predicted octanol–water partition coefficient (Wildman–Crippen LogP) is 2.63. The molecule has 0 aliphatic heterocycles. The van der Waals surface area contributed by atoms with Crippen molar-refractivity contribution in [1.29, 1.82) is 0 Å². The first-order chi connectivity index (χ1) is 6.02. The summed E-state index contributed by atoms with van der Waals surface area (Å²) in [6.45, 7) is 8.78. The molecule has 1 aromatic rings. The van der Waals surface area contributed by atoms with E-state index in [0.717, 1.165) is 5.92 Å². The minimum atomic E-state index is 0.777. The fourth-order valence-corrected chi connectivity index (χ4v) is 1.61. The molecule has 0 aliphatic carbocycles. The van der Waals surface area contributed by atoms with Gasteiger partial charge in [-0.15, -0.1) is 0 Å². The van der Waals surface area contributed by atoms with E-state index in [9.17, 15) is 0 Å². The van der Waals surface area contributed by atoms with Crippen LogP contribution in [0, 0.1) is 19.8 Å². The Bertz CT molecular complexity index is 285. The Labute approximate surface area is 81.0 Å². The average molecular weight is 180 g/mol. The van der Waals surface area contributed by atoms with Gasteiger partial charge in [0.05, 0.1) is 5.69 Å². The Balaban J connectivity index is 2.76. The Morgan fingerprint density at radius 3 is 2.31 bits per heavy atom. The summed E-state index contributed by atoms with van der Waals surface area (Å²) in [5, 5.41) is 4.41. The zero-order valence-corrected chi connectivity index (χ0v) is 9.39. The van der Waals surface area contributed by atoms with Gasteiger partial charge < -0.3 is 0 Å². The highest BCUT2D eigenvalue weighted by Gasteiger charge is 2.08. The van der Waals surface area contributed by atoms with Gasteiger partial charge in [-0.05, 0) is 38.2 Å². The van der Waals surface area contributed by atoms with Gasteiger partial charge in [0.2, 0.25) is 0 Å². The zero-order chi connectivity index (χ0) is 10.0. The molecule has 0 saturated carbocycles. The maximum Gasteiger partial charge on any atom is 0.0628 e. The van der Waals surface area contributed by atoms with Gasteiger partial charge in [-0.1, -0.05) is 13.8 Å². The van der Waals surface area contributed by atoms with Gasteiger partial charge in [0.15, 0.2) is 0 Å². The van der Waals surface area contributed by atoms with E-state index in [2.05, 4.69) is 32.8 Å². The van der Waals surface area contributed by atoms with Crippen molar-refractivity contribution in [2.45, 2.75) is 40.5 Å². The molecule has 0 spiro atoms. The molecule has 2 nitrogen and oxygen atoms in total. The van der Waals surface area contributed by atoms with E-state index in [-0.39, 0.29) is 0 Å². The van der Waals surface area contributed by atoms with Crippen molar-refractivity contribution >= 4 is 0 Å². The number of hydrogen-bond donors (Lipinski definition) is 0. The molecule has 0 aromatic carbocycles. The Morgan fingerprint density at radius 2 is 1.92 bits per heavy atom. The molecule has 74 valence electrons. The molecule has 1 heterocycles. The Morgan fingerprint density at radius 1 is 1.31 bits per heavy atom. The summed E-state index contributed by atoms with van der Waals surface area (Å²) in [7, 11) is 2.02. The second kappa shape index (κ2) is 3.95. The number of hydrogen-bond acceptors (Lipinski definition) is 1. The number of aryl methyl sites for hydroxylation is 2. The van der Waals surface area contributed by atoms with Crippen molar-refractivity contribution in [3.05, 3.63) is 17.0 Å². The summed E-state index contributed by atoms with van der Waals surface area (Å²) in [6.07, 6.45) is 2.43. The van der Waals surface area contributed by atoms with Crippen LogP contribution in [0.2, 0.25) is 0 Å². The van der Waals surface area contributed by atoms with E-state index >= 15 is 0 Å². The summed E-state index contributed by atoms with van der Waals surface area (Å²) < 4.78 is 1.98. The Kier molecular flexibility index (Phi) is 3.12. The number of rotatable bonds is 3. The zero-order valence-electron chi connectivity index (χ0n) is 9.39. The van der Waals surface area contributed by atoms with Crippen LogP contribution in [0.4, 0.5) is 0 Å². The molecule has 0 fully saturated rings. The first-order valence-corrected chi connectivity index (χ1v) is 5.01. The van der Waals surface area contributed by atoms with Crippen molar-refractivity contribution in [1.82, 2.24) is 9.78 Å². The molecule has 0 amide bonds. The fraction of sp³-hybridized carbons (Fsp3) is 0.727. The third-order valence-electron chi connectivity index (χ3n) is 2.63. The minimum absolute atomic E-state index is 0.777. The van der Waals surface area contributed by atoms with E-state index in [4.69, 9.17) is 0 Å². The lowest BCUT2D eigenvalue weighted by Gasteiger charge is -2.04. The van der Waals surface area contributed by atoms with Crippen molar-refractivity contribution in [3.63, 3.8) is 0 Å². The number of nitrogens with zero attached hydrogens (tertiary/aromatic N) is 2. The third-order valence-corrected chi connectivity index (χ3v) is 2.63. The van der Waals surface area contributed by atoms with Gasteiger partial charge in [-0.3, -0.25) is 4.68 Å². The Hall–Kier alpha value is -0.790. The van der Waals surface area contributed by atoms with E-state index in [1.807, 2.05) is 11.7 Å². The summed E-state index contributed by atoms with van der Waals surface area (Å²) in [5.41, 5.74) is 3.95. The maximum atomic E-state index is 4.41. The van der Waals surface area contributed by atoms with Crippen molar-refractivity contribution < 1.29 is 0 Å². The SMILES string of the molecule is Cc1nn(C)c(C)c1CCC(C)C. The van der Waals surface area contributed by atoms with Crippen LogP contribution in [0.15, 0.2) is 0 Å². The molecule has 0 radical (unpaired) electrons. The smallest absolute Gasteiger partial charge is 0.0628 e. The molecule has 13 heavy (non-hydrogen) atoms. The topological polar surface area (TPSA) is 17.8 Å². The van der Waals surface area contributed by atoms with Crippen molar-refractivity contribution in [2.75, 3.05) is 0 Å². The molecular weight excluding hydrogens is 160 g/mol. The second-order valence-electron chi connectivity index (χ2n) is 4.21. The number of aromatic nitrogens is 2. The van der Waals surface area contributed by atoms with Crippen LogP contribution >= 0.6 is 0 Å². The normalized spacial score (nSPS) is 11.2. The van der Waals surface area contributed by atoms with Crippen LogP contribution in [0.3, 0.4) is 0 Å². The van der Waals surface area contributed by atoms with Gasteiger partial charge in [0.1, 0.15) is 0 Å². The van der Waals surface area contributed by atoms with E-state index in [1.165, 1.54) is 29.8 Å². The van der Waals surface area contributed by atoms with Gasteiger partial charge in [0, 0.05) is 12.7 Å². The summed E-state index contributed by atoms with van der Waals surface area (Å²) >= 11 is 0. The highest BCUT2D eigenvalue weighted by molar-refractivity contribution is 5.24. The van der Waals surface area contributed by atoms with E-state index < -0.39 is 0 Å². The van der Waals surface area contributed by atoms with Crippen molar-refractivity contribution in [3.8, 4) is 0 Å². The second-order valence-corrected chi connectivity index (χ2v) is 4.21. The molecule has 0 aliphatic rings. The van der Waals surface area contributed by atoms with Crippen LogP contribution < -0.4 is 0 Å². The lowest BCUT2D eigenvalue weighted by atomic mass is 10.0.